The van der Waals surface area contributed by atoms with Gasteiger partial charge >= 0.3 is 6.09 Å². The summed E-state index contributed by atoms with van der Waals surface area (Å²) in [5.74, 6) is -0.274. The summed E-state index contributed by atoms with van der Waals surface area (Å²) in [5, 5.41) is 5.26. The molecule has 1 aromatic carbocycles. The van der Waals surface area contributed by atoms with Crippen molar-refractivity contribution in [1.82, 2.24) is 14.7 Å². The summed E-state index contributed by atoms with van der Waals surface area (Å²) >= 11 is 3.24. The highest BCUT2D eigenvalue weighted by Gasteiger charge is 2.55. The number of halogens is 2. The molecule has 1 aliphatic carbocycles. The number of carbonyl (C=O) groups excluding carboxylic acids is 1. The van der Waals surface area contributed by atoms with Crippen LogP contribution in [0.3, 0.4) is 0 Å². The number of rotatable bonds is 1. The van der Waals surface area contributed by atoms with Gasteiger partial charge in [0, 0.05) is 23.9 Å². The Morgan fingerprint density at radius 3 is 2.68 bits per heavy atom. The van der Waals surface area contributed by atoms with Crippen molar-refractivity contribution >= 4 is 32.9 Å². The first-order valence-electron chi connectivity index (χ1n) is 8.46. The molecule has 0 atom stereocenters. The van der Waals surface area contributed by atoms with Crippen LogP contribution in [-0.2, 0) is 4.74 Å². The zero-order chi connectivity index (χ0) is 18.0. The van der Waals surface area contributed by atoms with Crippen molar-refractivity contribution in [1.29, 1.82) is 0 Å². The van der Waals surface area contributed by atoms with E-state index in [1.54, 1.807) is 17.2 Å². The summed E-state index contributed by atoms with van der Waals surface area (Å²) in [5.41, 5.74) is 0.673. The average Bonchev–Trinajstić information content (AvgIpc) is 2.77. The van der Waals surface area contributed by atoms with Crippen LogP contribution in [0.4, 0.5) is 9.18 Å². The number of likely N-dealkylation sites (tertiary alicyclic amines) is 1. The summed E-state index contributed by atoms with van der Waals surface area (Å²) in [6, 6.07) is 3.59. The molecule has 25 heavy (non-hydrogen) atoms. The van der Waals surface area contributed by atoms with Crippen molar-refractivity contribution in [2.75, 3.05) is 13.1 Å². The average molecular weight is 410 g/mol. The van der Waals surface area contributed by atoms with Gasteiger partial charge in [-0.3, -0.25) is 4.68 Å². The minimum absolute atomic E-state index is 0.192. The molecule has 1 spiro atoms. The summed E-state index contributed by atoms with van der Waals surface area (Å²) in [6.07, 6.45) is 3.45. The lowest BCUT2D eigenvalue weighted by atomic mass is 9.61. The number of carbonyl (C=O) groups is 1. The lowest BCUT2D eigenvalue weighted by Crippen LogP contribution is -2.64. The Morgan fingerprint density at radius 2 is 2.04 bits per heavy atom. The van der Waals surface area contributed by atoms with Crippen molar-refractivity contribution < 1.29 is 13.9 Å². The Balaban J connectivity index is 1.41. The van der Waals surface area contributed by atoms with E-state index in [1.165, 1.54) is 6.07 Å². The van der Waals surface area contributed by atoms with Crippen LogP contribution >= 0.6 is 15.9 Å². The Kier molecular flexibility index (Phi) is 3.65. The van der Waals surface area contributed by atoms with Crippen molar-refractivity contribution in [3.05, 3.63) is 28.6 Å². The molecular formula is C18H21BrFN3O2. The van der Waals surface area contributed by atoms with E-state index in [0.717, 1.165) is 36.8 Å². The Morgan fingerprint density at radius 1 is 1.36 bits per heavy atom. The standard InChI is InChI=1S/C18H21BrFN3O2/c1-17(2,3)25-16(24)22-9-18(10-22)6-12(7-18)23-15-5-13(19)14(20)4-11(15)8-21-23/h4-5,8,12H,6-7,9-10H2,1-3H3. The molecule has 1 amide bonds. The molecule has 0 unspecified atom stereocenters. The molecule has 2 heterocycles. The van der Waals surface area contributed by atoms with Gasteiger partial charge in [0.2, 0.25) is 0 Å². The molecule has 134 valence electrons. The smallest absolute Gasteiger partial charge is 0.410 e. The van der Waals surface area contributed by atoms with Crippen molar-refractivity contribution in [3.63, 3.8) is 0 Å². The quantitative estimate of drug-likeness (QED) is 0.695. The highest BCUT2D eigenvalue weighted by molar-refractivity contribution is 9.10. The van der Waals surface area contributed by atoms with Gasteiger partial charge in [-0.1, -0.05) is 0 Å². The van der Waals surface area contributed by atoms with Gasteiger partial charge in [-0.2, -0.15) is 5.10 Å². The molecule has 7 heteroatoms. The second kappa shape index (κ2) is 5.43. The van der Waals surface area contributed by atoms with Crippen LogP contribution in [-0.4, -0.2) is 39.5 Å². The molecule has 2 aromatic rings. The molecule has 0 bridgehead atoms. The van der Waals surface area contributed by atoms with Crippen LogP contribution < -0.4 is 0 Å². The van der Waals surface area contributed by atoms with Gasteiger partial charge in [0.05, 0.1) is 22.2 Å². The Labute approximate surface area is 154 Å². The normalized spacial score (nSPS) is 19.8. The van der Waals surface area contributed by atoms with Gasteiger partial charge in [-0.15, -0.1) is 0 Å². The fourth-order valence-electron chi connectivity index (χ4n) is 3.92. The van der Waals surface area contributed by atoms with E-state index in [2.05, 4.69) is 21.0 Å². The molecule has 2 fully saturated rings. The number of nitrogens with zero attached hydrogens (tertiary/aromatic N) is 3. The zero-order valence-electron chi connectivity index (χ0n) is 14.6. The SMILES string of the molecule is CC(C)(C)OC(=O)N1CC2(CC(n3ncc4cc(F)c(Br)cc43)C2)C1. The Bertz CT molecular complexity index is 844. The maximum atomic E-state index is 13.6. The lowest BCUT2D eigenvalue weighted by molar-refractivity contribution is -0.0919. The minimum Gasteiger partial charge on any atom is -0.444 e. The molecule has 1 saturated heterocycles. The third kappa shape index (κ3) is 2.92. The van der Waals surface area contributed by atoms with Gasteiger partial charge < -0.3 is 9.64 Å². The summed E-state index contributed by atoms with van der Waals surface area (Å²) in [4.78, 5) is 13.8. The van der Waals surface area contributed by atoms with Crippen LogP contribution in [0.2, 0.25) is 0 Å². The number of hydrogen-bond acceptors (Lipinski definition) is 3. The van der Waals surface area contributed by atoms with Crippen LogP contribution in [0.15, 0.2) is 22.8 Å². The fraction of sp³-hybridized carbons (Fsp3) is 0.556. The fourth-order valence-corrected chi connectivity index (χ4v) is 4.25. The number of benzene rings is 1. The maximum absolute atomic E-state index is 13.6. The van der Waals surface area contributed by atoms with Crippen LogP contribution in [0.5, 0.6) is 0 Å². The molecule has 0 N–H and O–H groups in total. The summed E-state index contributed by atoms with van der Waals surface area (Å²) in [7, 11) is 0. The first-order valence-corrected chi connectivity index (χ1v) is 9.25. The van der Waals surface area contributed by atoms with Gasteiger partial charge in [-0.25, -0.2) is 9.18 Å². The molecule has 2 aliphatic rings. The van der Waals surface area contributed by atoms with Crippen LogP contribution in [0.25, 0.3) is 10.9 Å². The second-order valence-corrected chi connectivity index (χ2v) is 9.17. The monoisotopic (exact) mass is 409 g/mol. The summed E-state index contributed by atoms with van der Waals surface area (Å²) in [6.45, 7) is 7.13. The lowest BCUT2D eigenvalue weighted by Gasteiger charge is -2.58. The van der Waals surface area contributed by atoms with E-state index in [-0.39, 0.29) is 17.3 Å². The second-order valence-electron chi connectivity index (χ2n) is 8.31. The third-order valence-corrected chi connectivity index (χ3v) is 5.63. The number of fused-ring (bicyclic) bond motifs is 1. The number of amides is 1. The van der Waals surface area contributed by atoms with E-state index in [9.17, 15) is 9.18 Å². The topological polar surface area (TPSA) is 47.4 Å². The van der Waals surface area contributed by atoms with E-state index in [1.807, 2.05) is 25.5 Å². The number of ether oxygens (including phenoxy) is 1. The van der Waals surface area contributed by atoms with E-state index < -0.39 is 5.60 Å². The highest BCUT2D eigenvalue weighted by atomic mass is 79.9. The van der Waals surface area contributed by atoms with Gasteiger partial charge in [0.1, 0.15) is 11.4 Å². The predicted octanol–water partition coefficient (Wildman–Crippen LogP) is 4.51. The van der Waals surface area contributed by atoms with Gasteiger partial charge in [0.25, 0.3) is 0 Å². The minimum atomic E-state index is -0.460. The molecule has 5 nitrogen and oxygen atoms in total. The third-order valence-electron chi connectivity index (χ3n) is 5.03. The molecule has 1 aliphatic heterocycles. The Hall–Kier alpha value is -1.63. The first-order chi connectivity index (χ1) is 11.7. The maximum Gasteiger partial charge on any atom is 0.410 e. The van der Waals surface area contributed by atoms with Crippen molar-refractivity contribution in [3.8, 4) is 0 Å². The van der Waals surface area contributed by atoms with E-state index >= 15 is 0 Å². The highest BCUT2D eigenvalue weighted by Crippen LogP contribution is 2.54. The largest absolute Gasteiger partial charge is 0.444 e. The first kappa shape index (κ1) is 16.8. The predicted molar refractivity (Wildman–Crippen MR) is 95.9 cm³/mol. The van der Waals surface area contributed by atoms with Crippen molar-refractivity contribution in [2.45, 2.75) is 45.3 Å². The van der Waals surface area contributed by atoms with Crippen LogP contribution in [0, 0.1) is 11.2 Å². The summed E-state index contributed by atoms with van der Waals surface area (Å²) < 4.78 is 21.5. The molecule has 0 radical (unpaired) electrons. The van der Waals surface area contributed by atoms with E-state index in [4.69, 9.17) is 4.74 Å². The van der Waals surface area contributed by atoms with Gasteiger partial charge in [0.15, 0.2) is 0 Å². The van der Waals surface area contributed by atoms with Crippen molar-refractivity contribution in [2.24, 2.45) is 5.41 Å². The molecular weight excluding hydrogens is 389 g/mol. The molecule has 4 rings (SSSR count). The zero-order valence-corrected chi connectivity index (χ0v) is 16.1. The molecule has 1 saturated carbocycles. The van der Waals surface area contributed by atoms with E-state index in [0.29, 0.717) is 10.5 Å². The number of aromatic nitrogens is 2. The number of hydrogen-bond donors (Lipinski definition) is 0. The van der Waals surface area contributed by atoms with Gasteiger partial charge in [-0.05, 0) is 61.7 Å². The van der Waals surface area contributed by atoms with Crippen LogP contribution in [0.1, 0.15) is 39.7 Å². The molecule has 1 aromatic heterocycles.